The number of rotatable bonds is 3. The maximum atomic E-state index is 11.6. The van der Waals surface area contributed by atoms with Crippen molar-refractivity contribution in [2.75, 3.05) is 7.11 Å². The number of methoxy groups -OCH3 is 1. The first-order valence-corrected chi connectivity index (χ1v) is 6.61. The molecule has 0 spiro atoms. The predicted octanol–water partition coefficient (Wildman–Crippen LogP) is 0.446. The van der Waals surface area contributed by atoms with Crippen LogP contribution in [0.1, 0.15) is 16.1 Å². The average Bonchev–Trinajstić information content (AvgIpc) is 2.87. The lowest BCUT2D eigenvalue weighted by molar-refractivity contribution is -0.671. The summed E-state index contributed by atoms with van der Waals surface area (Å²) in [5.41, 5.74) is 1.70. The van der Waals surface area contributed by atoms with Gasteiger partial charge in [0.2, 0.25) is 6.33 Å². The zero-order valence-electron chi connectivity index (χ0n) is 12.9. The zero-order chi connectivity index (χ0) is 18.3. The van der Waals surface area contributed by atoms with Gasteiger partial charge in [0.05, 0.1) is 14.2 Å². The van der Waals surface area contributed by atoms with E-state index in [1.165, 1.54) is 7.11 Å². The molecule has 24 heavy (non-hydrogen) atoms. The molecule has 0 bridgehead atoms. The van der Waals surface area contributed by atoms with Crippen LogP contribution in [0.25, 0.3) is 0 Å². The summed E-state index contributed by atoms with van der Waals surface area (Å²) in [5.74, 6) is -3.32. The number of nitrogens with zero attached hydrogens (tertiary/aromatic N) is 2. The SMILES string of the molecule is COC(=O)c1c[n+](C)cn1Cc1ccccc1.O=C([O-])C(F)(F)F. The third kappa shape index (κ3) is 5.75. The maximum absolute atomic E-state index is 11.6. The highest BCUT2D eigenvalue weighted by Gasteiger charge is 2.28. The van der Waals surface area contributed by atoms with Crippen molar-refractivity contribution in [2.24, 2.45) is 7.05 Å². The topological polar surface area (TPSA) is 75.2 Å². The Morgan fingerprint density at radius 1 is 1.25 bits per heavy atom. The summed E-state index contributed by atoms with van der Waals surface area (Å²) < 4.78 is 40.0. The second-order valence-electron chi connectivity index (χ2n) is 4.69. The maximum Gasteiger partial charge on any atom is 0.430 e. The molecule has 0 atom stereocenters. The van der Waals surface area contributed by atoms with Crippen LogP contribution in [0.4, 0.5) is 13.2 Å². The lowest BCUT2D eigenvalue weighted by Gasteiger charge is -2.03. The van der Waals surface area contributed by atoms with Gasteiger partial charge in [0.25, 0.3) is 5.69 Å². The monoisotopic (exact) mass is 344 g/mol. The van der Waals surface area contributed by atoms with Gasteiger partial charge < -0.3 is 14.6 Å². The van der Waals surface area contributed by atoms with Crippen LogP contribution >= 0.6 is 0 Å². The molecule has 0 radical (unpaired) electrons. The fourth-order valence-electron chi connectivity index (χ4n) is 1.76. The number of hydrogen-bond acceptors (Lipinski definition) is 4. The van der Waals surface area contributed by atoms with Crippen molar-refractivity contribution in [1.29, 1.82) is 0 Å². The van der Waals surface area contributed by atoms with Gasteiger partial charge in [-0.3, -0.25) is 0 Å². The van der Waals surface area contributed by atoms with Crippen molar-refractivity contribution >= 4 is 11.9 Å². The van der Waals surface area contributed by atoms with Crippen LogP contribution in [0.3, 0.4) is 0 Å². The third-order valence-electron chi connectivity index (χ3n) is 2.78. The fourth-order valence-corrected chi connectivity index (χ4v) is 1.76. The van der Waals surface area contributed by atoms with E-state index in [-0.39, 0.29) is 5.97 Å². The van der Waals surface area contributed by atoms with E-state index < -0.39 is 12.1 Å². The van der Waals surface area contributed by atoms with Gasteiger partial charge in [-0.1, -0.05) is 30.3 Å². The highest BCUT2D eigenvalue weighted by Crippen LogP contribution is 2.11. The van der Waals surface area contributed by atoms with E-state index in [4.69, 9.17) is 14.6 Å². The van der Waals surface area contributed by atoms with E-state index in [1.807, 2.05) is 52.8 Å². The van der Waals surface area contributed by atoms with Crippen LogP contribution < -0.4 is 9.67 Å². The van der Waals surface area contributed by atoms with Crippen LogP contribution in [0.5, 0.6) is 0 Å². The molecule has 0 aliphatic heterocycles. The van der Waals surface area contributed by atoms with Crippen LogP contribution in [-0.2, 0) is 23.1 Å². The normalized spacial score (nSPS) is 10.5. The molecule has 0 aliphatic rings. The second kappa shape index (κ2) is 8.14. The number of carbonyl (C=O) groups excluding carboxylic acids is 2. The molecule has 2 aromatic rings. The van der Waals surface area contributed by atoms with Gasteiger partial charge in [-0.15, -0.1) is 0 Å². The van der Waals surface area contributed by atoms with E-state index in [1.54, 1.807) is 6.20 Å². The summed E-state index contributed by atoms with van der Waals surface area (Å²) in [6.07, 6.45) is -1.56. The third-order valence-corrected chi connectivity index (χ3v) is 2.78. The van der Waals surface area contributed by atoms with E-state index in [0.717, 1.165) is 5.56 Å². The lowest BCUT2D eigenvalue weighted by atomic mass is 10.2. The smallest absolute Gasteiger partial charge is 0.430 e. The van der Waals surface area contributed by atoms with Gasteiger partial charge in [-0.05, 0) is 5.56 Å². The molecule has 130 valence electrons. The van der Waals surface area contributed by atoms with Gasteiger partial charge in [0.1, 0.15) is 18.7 Å². The van der Waals surface area contributed by atoms with Gasteiger partial charge in [0.15, 0.2) is 0 Å². The number of esters is 1. The number of carboxylic acids is 1. The minimum absolute atomic E-state index is 0.318. The second-order valence-corrected chi connectivity index (χ2v) is 4.69. The van der Waals surface area contributed by atoms with Crippen molar-refractivity contribution in [2.45, 2.75) is 12.7 Å². The van der Waals surface area contributed by atoms with Crippen molar-refractivity contribution < 1.29 is 37.2 Å². The summed E-state index contributed by atoms with van der Waals surface area (Å²) in [5, 5.41) is 8.78. The number of ether oxygens (including phenoxy) is 1. The minimum atomic E-state index is -5.19. The van der Waals surface area contributed by atoms with E-state index in [0.29, 0.717) is 12.2 Å². The number of aromatic nitrogens is 2. The largest absolute Gasteiger partial charge is 0.542 e. The molecule has 1 aromatic heterocycles. The number of aliphatic carboxylic acids is 1. The standard InChI is InChI=1S/C13H15N2O2.C2HF3O2/c1-14-9-12(13(16)17-2)15(10-14)8-11-6-4-3-5-7-11;3-2(4,5)1(6)7/h3-7,9-10H,8H2,1-2H3;(H,6,7)/q+1;/p-1. The molecule has 0 amide bonds. The number of alkyl halides is 3. The molecule has 1 aromatic carbocycles. The van der Waals surface area contributed by atoms with Gasteiger partial charge >= 0.3 is 12.1 Å². The van der Waals surface area contributed by atoms with Crippen molar-refractivity contribution in [3.8, 4) is 0 Å². The van der Waals surface area contributed by atoms with Gasteiger partial charge in [-0.25, -0.2) is 13.9 Å². The number of hydrogen-bond donors (Lipinski definition) is 0. The molecule has 9 heteroatoms. The first kappa shape index (κ1) is 19.2. The van der Waals surface area contributed by atoms with E-state index >= 15 is 0 Å². The highest BCUT2D eigenvalue weighted by molar-refractivity contribution is 5.86. The first-order chi connectivity index (χ1) is 11.1. The van der Waals surface area contributed by atoms with Crippen LogP contribution in [0.2, 0.25) is 0 Å². The van der Waals surface area contributed by atoms with Crippen molar-refractivity contribution in [1.82, 2.24) is 4.57 Å². The van der Waals surface area contributed by atoms with Gasteiger partial charge in [0, 0.05) is 0 Å². The minimum Gasteiger partial charge on any atom is -0.542 e. The molecule has 0 saturated heterocycles. The number of aryl methyl sites for hydroxylation is 1. The van der Waals surface area contributed by atoms with Crippen molar-refractivity contribution in [3.05, 3.63) is 54.1 Å². The Labute approximate surface area is 135 Å². The van der Waals surface area contributed by atoms with Crippen LogP contribution in [-0.4, -0.2) is 29.8 Å². The quantitative estimate of drug-likeness (QED) is 0.598. The molecule has 0 saturated carbocycles. The lowest BCUT2D eigenvalue weighted by Crippen LogP contribution is -2.37. The Morgan fingerprint density at radius 2 is 1.79 bits per heavy atom. The Morgan fingerprint density at radius 3 is 2.25 bits per heavy atom. The number of halogens is 3. The number of imidazole rings is 1. The Balaban J connectivity index is 0.000000351. The molecule has 2 rings (SSSR count). The summed E-state index contributed by atoms with van der Waals surface area (Å²) in [6.45, 7) is 0.659. The summed E-state index contributed by atoms with van der Waals surface area (Å²) in [6, 6.07) is 10.00. The molecule has 0 N–H and O–H groups in total. The average molecular weight is 344 g/mol. The Hall–Kier alpha value is -2.84. The summed E-state index contributed by atoms with van der Waals surface area (Å²) in [7, 11) is 3.27. The fraction of sp³-hybridized carbons (Fsp3) is 0.267. The van der Waals surface area contributed by atoms with E-state index in [2.05, 4.69) is 0 Å². The predicted molar refractivity (Wildman–Crippen MR) is 73.6 cm³/mol. The number of carbonyl (C=O) groups is 2. The molecule has 0 fully saturated rings. The molecule has 1 heterocycles. The highest BCUT2D eigenvalue weighted by atomic mass is 19.4. The molecule has 0 unspecified atom stereocenters. The Bertz CT molecular complexity index is 696. The first-order valence-electron chi connectivity index (χ1n) is 6.61. The van der Waals surface area contributed by atoms with Crippen LogP contribution in [0, 0.1) is 0 Å². The summed E-state index contributed by atoms with van der Waals surface area (Å²) in [4.78, 5) is 20.4. The van der Waals surface area contributed by atoms with E-state index in [9.17, 15) is 18.0 Å². The molecular formula is C15H15F3N2O4. The molecule has 0 aliphatic carbocycles. The van der Waals surface area contributed by atoms with Gasteiger partial charge in [-0.2, -0.15) is 13.2 Å². The number of benzene rings is 1. The van der Waals surface area contributed by atoms with Crippen LogP contribution in [0.15, 0.2) is 42.9 Å². The van der Waals surface area contributed by atoms with Crippen molar-refractivity contribution in [3.63, 3.8) is 0 Å². The Kier molecular flexibility index (Phi) is 6.51. The molecular weight excluding hydrogens is 329 g/mol. The summed E-state index contributed by atoms with van der Waals surface area (Å²) >= 11 is 0. The zero-order valence-corrected chi connectivity index (χ0v) is 12.9. The number of carboxylic acid groups (broad SMARTS) is 1. The molecule has 6 nitrogen and oxygen atoms in total.